The van der Waals surface area contributed by atoms with Gasteiger partial charge in [0.2, 0.25) is 5.91 Å². The second kappa shape index (κ2) is 8.49. The SMILES string of the molecule is CNC(=O)Nc1cccc(NC(=O)CC2CCCN2)c1.Cl. The van der Waals surface area contributed by atoms with Crippen molar-refractivity contribution in [1.82, 2.24) is 10.6 Å². The Morgan fingerprint density at radius 3 is 2.62 bits per heavy atom. The van der Waals surface area contributed by atoms with Gasteiger partial charge in [0.1, 0.15) is 0 Å². The molecule has 116 valence electrons. The number of carbonyl (C=O) groups excluding carboxylic acids is 2. The molecular weight excluding hydrogens is 292 g/mol. The lowest BCUT2D eigenvalue weighted by Crippen LogP contribution is -2.27. The average Bonchev–Trinajstić information content (AvgIpc) is 2.91. The first kappa shape index (κ1) is 17.3. The summed E-state index contributed by atoms with van der Waals surface area (Å²) < 4.78 is 0. The first-order valence-electron chi connectivity index (χ1n) is 6.79. The first-order valence-corrected chi connectivity index (χ1v) is 6.79. The molecule has 1 atom stereocenters. The summed E-state index contributed by atoms with van der Waals surface area (Å²) in [6, 6.07) is 7.08. The Bertz CT molecular complexity index is 490. The number of nitrogens with one attached hydrogen (secondary N) is 4. The third-order valence-corrected chi connectivity index (χ3v) is 3.23. The second-order valence-corrected chi connectivity index (χ2v) is 4.83. The molecule has 3 amide bonds. The minimum absolute atomic E-state index is 0. The van der Waals surface area contributed by atoms with Gasteiger partial charge in [-0.25, -0.2) is 4.79 Å². The fourth-order valence-corrected chi connectivity index (χ4v) is 2.24. The fraction of sp³-hybridized carbons (Fsp3) is 0.429. The van der Waals surface area contributed by atoms with E-state index in [9.17, 15) is 9.59 Å². The van der Waals surface area contributed by atoms with Gasteiger partial charge >= 0.3 is 6.03 Å². The van der Waals surface area contributed by atoms with E-state index in [1.54, 1.807) is 31.3 Å². The number of amides is 3. The number of rotatable bonds is 4. The zero-order valence-electron chi connectivity index (χ0n) is 11.9. The Hall–Kier alpha value is -1.79. The van der Waals surface area contributed by atoms with Crippen LogP contribution in [-0.2, 0) is 4.79 Å². The van der Waals surface area contributed by atoms with Crippen LogP contribution in [0.2, 0.25) is 0 Å². The summed E-state index contributed by atoms with van der Waals surface area (Å²) >= 11 is 0. The van der Waals surface area contributed by atoms with Gasteiger partial charge in [-0.2, -0.15) is 0 Å². The van der Waals surface area contributed by atoms with Crippen molar-refractivity contribution in [3.05, 3.63) is 24.3 Å². The van der Waals surface area contributed by atoms with E-state index in [4.69, 9.17) is 0 Å². The van der Waals surface area contributed by atoms with E-state index >= 15 is 0 Å². The van der Waals surface area contributed by atoms with E-state index in [0.29, 0.717) is 17.8 Å². The third kappa shape index (κ3) is 5.61. The van der Waals surface area contributed by atoms with Crippen molar-refractivity contribution in [3.63, 3.8) is 0 Å². The number of carbonyl (C=O) groups is 2. The third-order valence-electron chi connectivity index (χ3n) is 3.23. The van der Waals surface area contributed by atoms with Gasteiger partial charge < -0.3 is 21.3 Å². The molecule has 1 heterocycles. The Morgan fingerprint density at radius 2 is 2.00 bits per heavy atom. The molecule has 0 saturated carbocycles. The maximum atomic E-state index is 11.9. The molecule has 2 rings (SSSR count). The van der Waals surface area contributed by atoms with Crippen LogP contribution in [0.5, 0.6) is 0 Å². The predicted octanol–water partition coefficient (Wildman–Crippen LogP) is 1.94. The molecule has 0 aliphatic carbocycles. The van der Waals surface area contributed by atoms with Crippen molar-refractivity contribution in [1.29, 1.82) is 0 Å². The quantitative estimate of drug-likeness (QED) is 0.686. The van der Waals surface area contributed by atoms with Gasteiger partial charge in [0.05, 0.1) is 0 Å². The number of anilines is 2. The molecule has 4 N–H and O–H groups in total. The van der Waals surface area contributed by atoms with Crippen LogP contribution >= 0.6 is 12.4 Å². The molecule has 0 bridgehead atoms. The minimum atomic E-state index is -0.288. The lowest BCUT2D eigenvalue weighted by Gasteiger charge is -2.11. The highest BCUT2D eigenvalue weighted by Crippen LogP contribution is 2.16. The fourth-order valence-electron chi connectivity index (χ4n) is 2.24. The number of hydrogen-bond donors (Lipinski definition) is 4. The highest BCUT2D eigenvalue weighted by atomic mass is 35.5. The van der Waals surface area contributed by atoms with Crippen molar-refractivity contribution in [2.45, 2.75) is 25.3 Å². The summed E-state index contributed by atoms with van der Waals surface area (Å²) in [5.74, 6) is -0.0125. The summed E-state index contributed by atoms with van der Waals surface area (Å²) in [6.45, 7) is 0.990. The molecule has 7 heteroatoms. The summed E-state index contributed by atoms with van der Waals surface area (Å²) in [6.07, 6.45) is 2.66. The van der Waals surface area contributed by atoms with Crippen LogP contribution in [0.3, 0.4) is 0 Å². The molecule has 1 aliphatic rings. The van der Waals surface area contributed by atoms with Crippen molar-refractivity contribution < 1.29 is 9.59 Å². The highest BCUT2D eigenvalue weighted by Gasteiger charge is 2.17. The predicted molar refractivity (Wildman–Crippen MR) is 86.0 cm³/mol. The van der Waals surface area contributed by atoms with E-state index in [-0.39, 0.29) is 30.4 Å². The summed E-state index contributed by atoms with van der Waals surface area (Å²) in [7, 11) is 1.55. The van der Waals surface area contributed by atoms with Crippen molar-refractivity contribution in [2.24, 2.45) is 0 Å². The molecule has 1 aliphatic heterocycles. The standard InChI is InChI=1S/C14H20N4O2.ClH/c1-15-14(20)18-12-5-2-4-11(8-12)17-13(19)9-10-6-3-7-16-10;/h2,4-5,8,10,16H,3,6-7,9H2,1H3,(H,17,19)(H2,15,18,20);1H. The normalized spacial score (nSPS) is 16.7. The first-order chi connectivity index (χ1) is 9.67. The average molecular weight is 313 g/mol. The van der Waals surface area contributed by atoms with Gasteiger partial charge in [0, 0.05) is 30.9 Å². The number of hydrogen-bond acceptors (Lipinski definition) is 3. The number of halogens is 1. The Kier molecular flexibility index (Phi) is 6.98. The lowest BCUT2D eigenvalue weighted by molar-refractivity contribution is -0.116. The van der Waals surface area contributed by atoms with Gasteiger partial charge in [0.15, 0.2) is 0 Å². The Labute approximate surface area is 130 Å². The van der Waals surface area contributed by atoms with Crippen LogP contribution in [0.1, 0.15) is 19.3 Å². The Balaban J connectivity index is 0.00000220. The molecule has 1 saturated heterocycles. The highest BCUT2D eigenvalue weighted by molar-refractivity contribution is 5.93. The molecule has 1 unspecified atom stereocenters. The zero-order chi connectivity index (χ0) is 14.4. The zero-order valence-corrected chi connectivity index (χ0v) is 12.8. The monoisotopic (exact) mass is 312 g/mol. The molecule has 1 aromatic carbocycles. The van der Waals surface area contributed by atoms with E-state index < -0.39 is 0 Å². The van der Waals surface area contributed by atoms with Crippen molar-refractivity contribution in [2.75, 3.05) is 24.2 Å². The van der Waals surface area contributed by atoms with Crippen LogP contribution in [-0.4, -0.2) is 31.6 Å². The van der Waals surface area contributed by atoms with E-state index in [1.807, 2.05) is 0 Å². The van der Waals surface area contributed by atoms with Crippen LogP contribution in [0.15, 0.2) is 24.3 Å². The van der Waals surface area contributed by atoms with Gasteiger partial charge in [0.25, 0.3) is 0 Å². The van der Waals surface area contributed by atoms with E-state index in [1.165, 1.54) is 0 Å². The van der Waals surface area contributed by atoms with Gasteiger partial charge in [-0.15, -0.1) is 12.4 Å². The molecule has 0 radical (unpaired) electrons. The maximum absolute atomic E-state index is 11.9. The molecule has 1 aromatic rings. The smallest absolute Gasteiger partial charge is 0.318 e. The molecule has 0 spiro atoms. The number of benzene rings is 1. The van der Waals surface area contributed by atoms with Gasteiger partial charge in [-0.1, -0.05) is 6.07 Å². The number of urea groups is 1. The van der Waals surface area contributed by atoms with Gasteiger partial charge in [-0.05, 0) is 37.6 Å². The largest absolute Gasteiger partial charge is 0.341 e. The lowest BCUT2D eigenvalue weighted by atomic mass is 10.1. The topological polar surface area (TPSA) is 82.3 Å². The summed E-state index contributed by atoms with van der Waals surface area (Å²) in [4.78, 5) is 23.1. The van der Waals surface area contributed by atoms with Crippen molar-refractivity contribution in [3.8, 4) is 0 Å². The summed E-state index contributed by atoms with van der Waals surface area (Å²) in [5, 5.41) is 11.3. The molecule has 6 nitrogen and oxygen atoms in total. The van der Waals surface area contributed by atoms with Crippen LogP contribution < -0.4 is 21.3 Å². The van der Waals surface area contributed by atoms with E-state index in [2.05, 4.69) is 21.3 Å². The van der Waals surface area contributed by atoms with Crippen LogP contribution in [0.25, 0.3) is 0 Å². The van der Waals surface area contributed by atoms with E-state index in [0.717, 1.165) is 19.4 Å². The molecule has 21 heavy (non-hydrogen) atoms. The van der Waals surface area contributed by atoms with Gasteiger partial charge in [-0.3, -0.25) is 4.79 Å². The Morgan fingerprint density at radius 1 is 1.29 bits per heavy atom. The molecule has 0 aromatic heterocycles. The molecule has 1 fully saturated rings. The summed E-state index contributed by atoms with van der Waals surface area (Å²) in [5.41, 5.74) is 1.32. The minimum Gasteiger partial charge on any atom is -0.341 e. The van der Waals surface area contributed by atoms with Crippen molar-refractivity contribution >= 4 is 35.7 Å². The van der Waals surface area contributed by atoms with Crippen LogP contribution in [0.4, 0.5) is 16.2 Å². The maximum Gasteiger partial charge on any atom is 0.318 e. The molecular formula is C14H21ClN4O2. The van der Waals surface area contributed by atoms with Crippen LogP contribution in [0, 0.1) is 0 Å². The second-order valence-electron chi connectivity index (χ2n) is 4.83.